The van der Waals surface area contributed by atoms with E-state index in [2.05, 4.69) is 70.7 Å². The Bertz CT molecular complexity index is 6470. The van der Waals surface area contributed by atoms with E-state index in [-0.39, 0.29) is 79.7 Å². The molecule has 0 atom stereocenters. The molecule has 0 aliphatic heterocycles. The fourth-order valence-electron chi connectivity index (χ4n) is 12.4. The van der Waals surface area contributed by atoms with Crippen LogP contribution in [0.15, 0.2) is 221 Å². The zero-order chi connectivity index (χ0) is 88.5. The lowest BCUT2D eigenvalue weighted by Crippen LogP contribution is -2.35. The third-order valence-electron chi connectivity index (χ3n) is 18.3. The van der Waals surface area contributed by atoms with E-state index in [1.54, 1.807) is 76.5 Å². The number of alkyl halides is 3. The Hall–Kier alpha value is -15.1. The van der Waals surface area contributed by atoms with Crippen LogP contribution in [0.5, 0.6) is 11.5 Å². The molecule has 0 aliphatic carbocycles. The number of hydrogen-bond acceptors (Lipinski definition) is 30. The van der Waals surface area contributed by atoms with Gasteiger partial charge in [0, 0.05) is 43.9 Å². The van der Waals surface area contributed by atoms with E-state index in [1.807, 2.05) is 129 Å². The number of esters is 3. The van der Waals surface area contributed by atoms with Crippen molar-refractivity contribution in [3.8, 4) is 11.5 Å². The first-order chi connectivity index (χ1) is 59.8. The van der Waals surface area contributed by atoms with E-state index in [4.69, 9.17) is 33.6 Å². The number of fused-ring (bicyclic) bond motifs is 4. The van der Waals surface area contributed by atoms with E-state index in [9.17, 15) is 60.3 Å². The highest BCUT2D eigenvalue weighted by Crippen LogP contribution is 2.36. The lowest BCUT2D eigenvalue weighted by Gasteiger charge is -2.18. The first kappa shape index (κ1) is 89.7. The van der Waals surface area contributed by atoms with Crippen molar-refractivity contribution in [3.05, 3.63) is 316 Å². The van der Waals surface area contributed by atoms with Gasteiger partial charge in [-0.2, -0.15) is 21.6 Å². The van der Waals surface area contributed by atoms with Gasteiger partial charge >= 0.3 is 50.2 Å². The summed E-state index contributed by atoms with van der Waals surface area (Å²) < 4.78 is 85.4. The van der Waals surface area contributed by atoms with Gasteiger partial charge in [0.2, 0.25) is 0 Å². The number of nitrogens with zero attached hydrogens (tertiary/aromatic N) is 14. The normalized spacial score (nSPS) is 11.1. The van der Waals surface area contributed by atoms with Crippen LogP contribution in [-0.4, -0.2) is 139 Å². The van der Waals surface area contributed by atoms with Crippen molar-refractivity contribution >= 4 is 83.5 Å². The molecule has 0 saturated heterocycles. The number of aromatic nitrogens is 14. The van der Waals surface area contributed by atoms with Crippen LogP contribution in [0.1, 0.15) is 121 Å². The van der Waals surface area contributed by atoms with Crippen LogP contribution in [0.25, 0.3) is 44.1 Å². The van der Waals surface area contributed by atoms with Crippen molar-refractivity contribution in [2.24, 2.45) is 0 Å². The summed E-state index contributed by atoms with van der Waals surface area (Å²) in [5.74, 6) is -4.80. The predicted octanol–water partition coefficient (Wildman–Crippen LogP) is 10.3. The molecule has 10 heterocycles. The first-order valence-electron chi connectivity index (χ1n) is 38.6. The van der Waals surface area contributed by atoms with Crippen LogP contribution in [-0.2, 0) is 63.6 Å². The fourth-order valence-corrected chi connectivity index (χ4v) is 12.9. The summed E-state index contributed by atoms with van der Waals surface area (Å²) in [4.78, 5) is 154. The molecule has 0 saturated carbocycles. The highest BCUT2D eigenvalue weighted by atomic mass is 32.2. The number of benzene rings is 4. The highest BCUT2D eigenvalue weighted by Gasteiger charge is 2.50. The number of anilines is 2. The predicted molar refractivity (Wildman–Crippen MR) is 448 cm³/mol. The molecule has 34 nitrogen and oxygen atoms in total. The standard InChI is InChI=1S/C26H27N5O4.C23H23N5O2.C19H16F3N3O7S.C18H17N3O5/c1-3-34-26(33)22-23(28-14-8-12-19-11-7-13-27-15-19)21-18(2)29-17-30-24(21)31(25(22)32)35-16-20-9-5-4-6-10-20;1-17-22-20(25-12-6-10-18-9-5-11-24-14-18)13-21(29)28(23(22)27-16-26-17)30-15-19-7-3-2-4-8-19;1-3-30-18(27)14-15(32-33(28,29)19(20,21)22)13-11(2)23-10-24-16(13)25(17(14)26)31-9-12-7-5-4-6-8-12;1-3-25-18(24)14-15(22)13-11(2)19-10-20-16(13)21(17(14)23)26-9-12-7-5-4-6-8-12/h4-7,9-11,13,15,17,28H,3,8,12,14,16H2,1-2H3;2-5,7-9,11,13-14,16,25H,6,10,12,15H2,1H3;4-8,10H,3,9H2,1-2H3;4-8,10,22H,3,9H2,1-2H3. The average molecular weight is 1720 g/mol. The maximum absolute atomic E-state index is 13.5. The number of pyridine rings is 6. The first-order valence-corrected chi connectivity index (χ1v) is 40.0. The van der Waals surface area contributed by atoms with Crippen molar-refractivity contribution in [2.45, 2.75) is 106 Å². The molecule has 38 heteroatoms. The van der Waals surface area contributed by atoms with Crippen LogP contribution in [0.4, 0.5) is 24.5 Å². The average Bonchev–Trinajstić information content (AvgIpc) is 0.741. The summed E-state index contributed by atoms with van der Waals surface area (Å²) in [6.45, 7) is 12.7. The molecule has 0 fully saturated rings. The molecule has 124 heavy (non-hydrogen) atoms. The molecular formula is C86H83F3N16O18S. The molecule has 0 amide bonds. The van der Waals surface area contributed by atoms with Crippen LogP contribution in [0, 0.1) is 27.7 Å². The second-order valence-electron chi connectivity index (χ2n) is 26.8. The van der Waals surface area contributed by atoms with Crippen molar-refractivity contribution in [3.63, 3.8) is 0 Å². The van der Waals surface area contributed by atoms with Gasteiger partial charge in [0.1, 0.15) is 57.5 Å². The number of ether oxygens (including phenoxy) is 3. The van der Waals surface area contributed by atoms with Crippen molar-refractivity contribution in [1.82, 2.24) is 68.8 Å². The summed E-state index contributed by atoms with van der Waals surface area (Å²) >= 11 is 0. The quantitative estimate of drug-likeness (QED) is 0.0124. The third kappa shape index (κ3) is 21.9. The van der Waals surface area contributed by atoms with Crippen LogP contribution in [0.2, 0.25) is 0 Å². The number of carbonyl (C=O) groups excluding carboxylic acids is 3. The minimum absolute atomic E-state index is 0.0604. The Morgan fingerprint density at radius 2 is 0.774 bits per heavy atom. The van der Waals surface area contributed by atoms with Crippen molar-refractivity contribution in [2.75, 3.05) is 43.5 Å². The van der Waals surface area contributed by atoms with E-state index in [0.29, 0.717) is 51.5 Å². The van der Waals surface area contributed by atoms with Gasteiger partial charge in [-0.3, -0.25) is 29.1 Å². The molecule has 10 aromatic heterocycles. The number of carbonyl (C=O) groups is 3. The van der Waals surface area contributed by atoms with Gasteiger partial charge in [-0.1, -0.05) is 133 Å². The highest BCUT2D eigenvalue weighted by molar-refractivity contribution is 7.88. The second-order valence-corrected chi connectivity index (χ2v) is 28.3. The van der Waals surface area contributed by atoms with Gasteiger partial charge in [-0.05, 0) is 120 Å². The largest absolute Gasteiger partial charge is 0.534 e. The zero-order valence-electron chi connectivity index (χ0n) is 67.9. The smallest absolute Gasteiger partial charge is 0.506 e. The van der Waals surface area contributed by atoms with Gasteiger partial charge in [-0.25, -0.2) is 54.3 Å². The number of halogens is 3. The number of aryl methyl sites for hydroxylation is 6. The van der Waals surface area contributed by atoms with E-state index in [0.717, 1.165) is 80.5 Å². The fraction of sp³-hybridized carbons (Fsp3) is 0.244. The number of nitrogens with one attached hydrogen (secondary N) is 2. The summed E-state index contributed by atoms with van der Waals surface area (Å²) in [5.41, 5.74) is -1.95. The van der Waals surface area contributed by atoms with Crippen LogP contribution >= 0.6 is 0 Å². The molecule has 0 unspecified atom stereocenters. The molecule has 0 aliphatic rings. The minimum atomic E-state index is -6.27. The Balaban J connectivity index is 0.000000162. The molecule has 3 N–H and O–H groups in total. The van der Waals surface area contributed by atoms with Crippen LogP contribution < -0.4 is 56.4 Å². The van der Waals surface area contributed by atoms with Gasteiger partial charge in [0.25, 0.3) is 5.56 Å². The summed E-state index contributed by atoms with van der Waals surface area (Å²) in [6.07, 6.45) is 15.6. The molecule has 14 rings (SSSR count). The summed E-state index contributed by atoms with van der Waals surface area (Å²) in [7, 11) is -6.27. The topological polar surface area (TPSA) is 420 Å². The molecular weight excluding hydrogens is 1630 g/mol. The number of aromatic hydroxyl groups is 1. The Morgan fingerprint density at radius 3 is 1.19 bits per heavy atom. The minimum Gasteiger partial charge on any atom is -0.506 e. The second kappa shape index (κ2) is 42.2. The van der Waals surface area contributed by atoms with E-state index in [1.165, 1.54) is 43.1 Å². The van der Waals surface area contributed by atoms with Crippen LogP contribution in [0.3, 0.4) is 0 Å². The van der Waals surface area contributed by atoms with Gasteiger partial charge in [0.05, 0.1) is 75.5 Å². The van der Waals surface area contributed by atoms with E-state index < -0.39 is 83.9 Å². The van der Waals surface area contributed by atoms with Crippen molar-refractivity contribution < 1.29 is 78.8 Å². The SMILES string of the molecule is CCOC(=O)c1c(NCCCc2cccnc2)c2c(C)ncnc2n(OCc2ccccc2)c1=O.CCOC(=O)c1c(O)c2c(C)ncnc2n(OCc2ccccc2)c1=O.CCOC(=O)c1c(OS(=O)(=O)C(F)(F)F)c2c(C)ncnc2n(OCc2ccccc2)c1=O.Cc1ncnc2c1c(NCCCc1cccnc1)cc(=O)n2OCc1ccccc1. The molecule has 14 aromatic rings. The Labute approximate surface area is 704 Å². The molecule has 0 bridgehead atoms. The third-order valence-corrected chi connectivity index (χ3v) is 19.2. The molecule has 642 valence electrons. The summed E-state index contributed by atoms with van der Waals surface area (Å²) in [5, 5.41) is 18.1. The molecule has 0 spiro atoms. The van der Waals surface area contributed by atoms with Gasteiger partial charge in [0.15, 0.2) is 45.0 Å². The monoisotopic (exact) mass is 1720 g/mol. The zero-order valence-corrected chi connectivity index (χ0v) is 68.8. The number of rotatable bonds is 30. The summed E-state index contributed by atoms with van der Waals surface area (Å²) in [6, 6.07) is 46.3. The van der Waals surface area contributed by atoms with Crippen molar-refractivity contribution in [1.29, 1.82) is 0 Å². The molecule has 0 radical (unpaired) electrons. The van der Waals surface area contributed by atoms with E-state index >= 15 is 0 Å². The maximum atomic E-state index is 13.5. The molecule has 4 aromatic carbocycles. The van der Waals surface area contributed by atoms with Gasteiger partial charge < -0.3 is 53.5 Å². The lowest BCUT2D eigenvalue weighted by molar-refractivity contribution is -0.0500. The maximum Gasteiger partial charge on any atom is 0.534 e. The Morgan fingerprint density at radius 1 is 0.427 bits per heavy atom. The lowest BCUT2D eigenvalue weighted by atomic mass is 10.1. The van der Waals surface area contributed by atoms with Gasteiger partial charge in [-0.15, -0.1) is 18.9 Å². The Kier molecular flexibility index (Phi) is 30.5. The number of hydrogen-bond donors (Lipinski definition) is 3.